The number of carbonyl (C=O) groups is 1. The van der Waals surface area contributed by atoms with Gasteiger partial charge in [0.2, 0.25) is 0 Å². The summed E-state index contributed by atoms with van der Waals surface area (Å²) >= 11 is 0. The molecule has 1 fully saturated rings. The molecule has 0 spiro atoms. The van der Waals surface area contributed by atoms with Gasteiger partial charge in [0.25, 0.3) is 0 Å². The van der Waals surface area contributed by atoms with Crippen LogP contribution in [0.2, 0.25) is 0 Å². The molecular formula is C9H14O4. The molecule has 0 bridgehead atoms. The van der Waals surface area contributed by atoms with Crippen molar-refractivity contribution in [3.8, 4) is 0 Å². The van der Waals surface area contributed by atoms with Crippen molar-refractivity contribution in [1.29, 1.82) is 0 Å². The Kier molecular flexibility index (Phi) is 3.06. The molecule has 0 saturated carbocycles. The molecule has 1 atom stereocenters. The van der Waals surface area contributed by atoms with E-state index < -0.39 is 11.8 Å². The number of rotatable bonds is 2. The van der Waals surface area contributed by atoms with Crippen LogP contribution in [0.4, 0.5) is 0 Å². The van der Waals surface area contributed by atoms with E-state index in [1.807, 2.05) is 13.8 Å². The SMILES string of the molecule is CC1(C)OCCC(/C=C/C(=O)O)O1. The molecule has 1 rings (SSSR count). The standard InChI is InChI=1S/C9H14O4/c1-9(2)12-6-5-7(13-9)3-4-8(10)11/h3-4,7H,5-6H2,1-2H3,(H,10,11)/b4-3+. The van der Waals surface area contributed by atoms with Crippen molar-refractivity contribution >= 4 is 5.97 Å². The molecule has 1 saturated heterocycles. The van der Waals surface area contributed by atoms with Gasteiger partial charge in [0.1, 0.15) is 0 Å². The molecule has 1 unspecified atom stereocenters. The Morgan fingerprint density at radius 3 is 2.85 bits per heavy atom. The number of aliphatic carboxylic acids is 1. The van der Waals surface area contributed by atoms with E-state index in [4.69, 9.17) is 14.6 Å². The first-order valence-electron chi connectivity index (χ1n) is 4.22. The van der Waals surface area contributed by atoms with Crippen molar-refractivity contribution in [3.63, 3.8) is 0 Å². The Hall–Kier alpha value is -0.870. The maximum absolute atomic E-state index is 10.2. The van der Waals surface area contributed by atoms with E-state index in [9.17, 15) is 4.79 Å². The average Bonchev–Trinajstić information content (AvgIpc) is 1.99. The number of carboxylic acids is 1. The first-order valence-corrected chi connectivity index (χ1v) is 4.22. The van der Waals surface area contributed by atoms with Crippen LogP contribution in [-0.2, 0) is 14.3 Å². The van der Waals surface area contributed by atoms with Gasteiger partial charge in [0, 0.05) is 12.5 Å². The smallest absolute Gasteiger partial charge is 0.328 e. The monoisotopic (exact) mass is 186 g/mol. The maximum Gasteiger partial charge on any atom is 0.328 e. The molecule has 0 radical (unpaired) electrons. The van der Waals surface area contributed by atoms with Gasteiger partial charge in [0.05, 0.1) is 12.7 Å². The highest BCUT2D eigenvalue weighted by Gasteiger charge is 2.27. The maximum atomic E-state index is 10.2. The van der Waals surface area contributed by atoms with Crippen LogP contribution < -0.4 is 0 Å². The predicted octanol–water partition coefficient (Wildman–Crippen LogP) is 1.17. The lowest BCUT2D eigenvalue weighted by Gasteiger charge is -2.34. The summed E-state index contributed by atoms with van der Waals surface area (Å²) in [7, 11) is 0. The van der Waals surface area contributed by atoms with Crippen LogP contribution in [0.25, 0.3) is 0 Å². The zero-order valence-corrected chi connectivity index (χ0v) is 7.82. The minimum atomic E-state index is -0.951. The Labute approximate surface area is 77.1 Å². The summed E-state index contributed by atoms with van der Waals surface area (Å²) in [4.78, 5) is 10.2. The van der Waals surface area contributed by atoms with E-state index in [1.165, 1.54) is 0 Å². The number of carboxylic acid groups (broad SMARTS) is 1. The van der Waals surface area contributed by atoms with Gasteiger partial charge in [0.15, 0.2) is 5.79 Å². The molecule has 13 heavy (non-hydrogen) atoms. The lowest BCUT2D eigenvalue weighted by Crippen LogP contribution is -2.38. The van der Waals surface area contributed by atoms with Crippen molar-refractivity contribution in [2.75, 3.05) is 6.61 Å². The van der Waals surface area contributed by atoms with Crippen molar-refractivity contribution in [3.05, 3.63) is 12.2 Å². The molecular weight excluding hydrogens is 172 g/mol. The summed E-state index contributed by atoms with van der Waals surface area (Å²) in [6, 6.07) is 0. The minimum absolute atomic E-state index is 0.153. The topological polar surface area (TPSA) is 55.8 Å². The van der Waals surface area contributed by atoms with Gasteiger partial charge in [-0.1, -0.05) is 0 Å². The Balaban J connectivity index is 2.48. The second-order valence-corrected chi connectivity index (χ2v) is 3.39. The van der Waals surface area contributed by atoms with Crippen LogP contribution in [-0.4, -0.2) is 29.6 Å². The fourth-order valence-corrected chi connectivity index (χ4v) is 1.20. The van der Waals surface area contributed by atoms with Gasteiger partial charge in [-0.25, -0.2) is 4.79 Å². The Bertz CT molecular complexity index is 220. The summed E-state index contributed by atoms with van der Waals surface area (Å²) in [5.41, 5.74) is 0. The molecule has 0 aliphatic carbocycles. The van der Waals surface area contributed by atoms with Crippen LogP contribution >= 0.6 is 0 Å². The molecule has 74 valence electrons. The second kappa shape index (κ2) is 3.89. The lowest BCUT2D eigenvalue weighted by molar-refractivity contribution is -0.262. The largest absolute Gasteiger partial charge is 0.478 e. The fourth-order valence-electron chi connectivity index (χ4n) is 1.20. The van der Waals surface area contributed by atoms with Gasteiger partial charge in [-0.05, 0) is 19.9 Å². The number of hydrogen-bond acceptors (Lipinski definition) is 3. The van der Waals surface area contributed by atoms with Crippen LogP contribution in [0.15, 0.2) is 12.2 Å². The van der Waals surface area contributed by atoms with Gasteiger partial charge in [-0.15, -0.1) is 0 Å². The van der Waals surface area contributed by atoms with Crippen molar-refractivity contribution in [2.45, 2.75) is 32.2 Å². The fraction of sp³-hybridized carbons (Fsp3) is 0.667. The molecule has 1 aliphatic heterocycles. The molecule has 1 aliphatic rings. The quantitative estimate of drug-likeness (QED) is 0.658. The highest BCUT2D eigenvalue weighted by atomic mass is 16.7. The van der Waals surface area contributed by atoms with Gasteiger partial charge >= 0.3 is 5.97 Å². The summed E-state index contributed by atoms with van der Waals surface area (Å²) < 4.78 is 10.8. The third-order valence-electron chi connectivity index (χ3n) is 1.74. The van der Waals surface area contributed by atoms with Gasteiger partial charge in [-0.2, -0.15) is 0 Å². The van der Waals surface area contributed by atoms with Crippen molar-refractivity contribution in [2.24, 2.45) is 0 Å². The van der Waals surface area contributed by atoms with Crippen molar-refractivity contribution in [1.82, 2.24) is 0 Å². The summed E-state index contributed by atoms with van der Waals surface area (Å²) in [5, 5.41) is 8.40. The first kappa shape index (κ1) is 10.2. The normalized spacial score (nSPS) is 27.7. The zero-order chi connectivity index (χ0) is 9.90. The van der Waals surface area contributed by atoms with Crippen LogP contribution in [0.1, 0.15) is 20.3 Å². The van der Waals surface area contributed by atoms with Gasteiger partial charge in [-0.3, -0.25) is 0 Å². The molecule has 4 heteroatoms. The van der Waals surface area contributed by atoms with Crippen LogP contribution in [0, 0.1) is 0 Å². The minimum Gasteiger partial charge on any atom is -0.478 e. The summed E-state index contributed by atoms with van der Waals surface area (Å²) in [5.74, 6) is -1.56. The average molecular weight is 186 g/mol. The zero-order valence-electron chi connectivity index (χ0n) is 7.82. The number of ether oxygens (including phenoxy) is 2. The van der Waals surface area contributed by atoms with Crippen LogP contribution in [0.3, 0.4) is 0 Å². The van der Waals surface area contributed by atoms with E-state index in [-0.39, 0.29) is 6.10 Å². The second-order valence-electron chi connectivity index (χ2n) is 3.39. The third-order valence-corrected chi connectivity index (χ3v) is 1.74. The van der Waals surface area contributed by atoms with Crippen LogP contribution in [0.5, 0.6) is 0 Å². The highest BCUT2D eigenvalue weighted by Crippen LogP contribution is 2.22. The number of hydrogen-bond donors (Lipinski definition) is 1. The molecule has 0 aromatic rings. The molecule has 0 aromatic carbocycles. The first-order chi connectivity index (χ1) is 5.99. The van der Waals surface area contributed by atoms with E-state index in [0.717, 1.165) is 6.08 Å². The molecule has 0 amide bonds. The van der Waals surface area contributed by atoms with E-state index in [0.29, 0.717) is 13.0 Å². The Morgan fingerprint density at radius 1 is 1.62 bits per heavy atom. The Morgan fingerprint density at radius 2 is 2.31 bits per heavy atom. The van der Waals surface area contributed by atoms with E-state index in [2.05, 4.69) is 0 Å². The molecule has 0 aromatic heterocycles. The highest BCUT2D eigenvalue weighted by molar-refractivity contribution is 5.79. The lowest BCUT2D eigenvalue weighted by atomic mass is 10.2. The molecule has 4 nitrogen and oxygen atoms in total. The summed E-state index contributed by atoms with van der Waals surface area (Å²) in [6.45, 7) is 4.23. The molecule has 1 N–H and O–H groups in total. The molecule has 1 heterocycles. The van der Waals surface area contributed by atoms with E-state index in [1.54, 1.807) is 6.08 Å². The van der Waals surface area contributed by atoms with Gasteiger partial charge < -0.3 is 14.6 Å². The third kappa shape index (κ3) is 3.57. The van der Waals surface area contributed by atoms with E-state index >= 15 is 0 Å². The predicted molar refractivity (Wildman–Crippen MR) is 46.3 cm³/mol. The van der Waals surface area contributed by atoms with Crippen molar-refractivity contribution < 1.29 is 19.4 Å². The summed E-state index contributed by atoms with van der Waals surface area (Å²) in [6.07, 6.45) is 3.20.